The van der Waals surface area contributed by atoms with E-state index >= 15 is 0 Å². The molecule has 1 aromatic heterocycles. The quantitative estimate of drug-likeness (QED) is 0.742. The minimum absolute atomic E-state index is 0.199. The smallest absolute Gasteiger partial charge is 0.117 e. The molecule has 0 bridgehead atoms. The second kappa shape index (κ2) is 7.44. The monoisotopic (exact) mass is 347 g/mol. The molecule has 0 spiro atoms. The van der Waals surface area contributed by atoms with Crippen LogP contribution >= 0.6 is 0 Å². The molecule has 26 heavy (non-hydrogen) atoms. The van der Waals surface area contributed by atoms with E-state index < -0.39 is 5.60 Å². The van der Waals surface area contributed by atoms with Crippen molar-refractivity contribution in [2.24, 2.45) is 5.92 Å². The fraction of sp³-hybridized carbons (Fsp3) is 0.318. The normalized spacial score (nSPS) is 16.7. The van der Waals surface area contributed by atoms with E-state index in [1.54, 1.807) is 6.33 Å². The van der Waals surface area contributed by atoms with E-state index in [0.717, 1.165) is 49.3 Å². The van der Waals surface area contributed by atoms with Gasteiger partial charge in [0.2, 0.25) is 0 Å². The van der Waals surface area contributed by atoms with Gasteiger partial charge in [0.1, 0.15) is 5.60 Å². The van der Waals surface area contributed by atoms with E-state index in [-0.39, 0.29) is 5.92 Å². The maximum absolute atomic E-state index is 11.9. The summed E-state index contributed by atoms with van der Waals surface area (Å²) in [5.41, 5.74) is 2.17. The van der Waals surface area contributed by atoms with Gasteiger partial charge in [0.25, 0.3) is 0 Å². The van der Waals surface area contributed by atoms with Crippen molar-refractivity contribution in [2.45, 2.75) is 25.0 Å². The average Bonchev–Trinajstić information content (AvgIpc) is 3.22. The van der Waals surface area contributed by atoms with Gasteiger partial charge in [0.15, 0.2) is 0 Å². The highest BCUT2D eigenvalue weighted by Gasteiger charge is 2.41. The van der Waals surface area contributed by atoms with E-state index in [4.69, 9.17) is 0 Å². The first kappa shape index (κ1) is 17.0. The number of rotatable bonds is 5. The number of likely N-dealkylation sites (tertiary alicyclic amines) is 1. The van der Waals surface area contributed by atoms with Crippen molar-refractivity contribution in [1.29, 1.82) is 0 Å². The number of hydrogen-bond donors (Lipinski definition) is 2. The number of imidazole rings is 1. The van der Waals surface area contributed by atoms with Gasteiger partial charge in [-0.1, -0.05) is 60.7 Å². The molecule has 0 radical (unpaired) electrons. The van der Waals surface area contributed by atoms with Crippen LogP contribution < -0.4 is 0 Å². The summed E-state index contributed by atoms with van der Waals surface area (Å²) in [4.78, 5) is 9.71. The van der Waals surface area contributed by atoms with E-state index in [1.807, 2.05) is 66.9 Å². The van der Waals surface area contributed by atoms with Crippen LogP contribution in [-0.2, 0) is 12.1 Å². The standard InChI is InChI=1S/C22H25N3O/c26-22(18-7-3-1-4-8-18,19-9-5-2-6-10-19)20-11-13-25(14-12-20)16-21-15-23-17-24-21/h1-10,15,17,20,26H,11-14,16H2,(H,23,24). The topological polar surface area (TPSA) is 52.1 Å². The van der Waals surface area contributed by atoms with Crippen molar-refractivity contribution < 1.29 is 5.11 Å². The Kier molecular flexibility index (Phi) is 4.87. The summed E-state index contributed by atoms with van der Waals surface area (Å²) < 4.78 is 0. The molecular weight excluding hydrogens is 322 g/mol. The SMILES string of the molecule is OC(c1ccccc1)(c1ccccc1)C1CCN(Cc2cnc[nH]2)CC1. The molecule has 1 aliphatic heterocycles. The largest absolute Gasteiger partial charge is 0.380 e. The van der Waals surface area contributed by atoms with Gasteiger partial charge in [-0.15, -0.1) is 0 Å². The molecule has 4 rings (SSSR count). The molecule has 1 fully saturated rings. The molecule has 2 N–H and O–H groups in total. The number of nitrogens with zero attached hydrogens (tertiary/aromatic N) is 2. The first-order valence-electron chi connectivity index (χ1n) is 9.30. The number of hydrogen-bond acceptors (Lipinski definition) is 3. The Balaban J connectivity index is 1.56. The highest BCUT2D eigenvalue weighted by Crippen LogP contribution is 2.41. The summed E-state index contributed by atoms with van der Waals surface area (Å²) in [7, 11) is 0. The van der Waals surface area contributed by atoms with Crippen molar-refractivity contribution >= 4 is 0 Å². The van der Waals surface area contributed by atoms with Crippen LogP contribution in [0.5, 0.6) is 0 Å². The lowest BCUT2D eigenvalue weighted by Gasteiger charge is -2.42. The Labute approximate surface area is 154 Å². The highest BCUT2D eigenvalue weighted by molar-refractivity contribution is 5.37. The van der Waals surface area contributed by atoms with Crippen molar-refractivity contribution in [2.75, 3.05) is 13.1 Å². The zero-order valence-corrected chi connectivity index (χ0v) is 14.9. The lowest BCUT2D eigenvalue weighted by atomic mass is 9.72. The minimum atomic E-state index is -0.942. The second-order valence-electron chi connectivity index (χ2n) is 7.13. The van der Waals surface area contributed by atoms with Crippen LogP contribution in [0.3, 0.4) is 0 Å². The first-order chi connectivity index (χ1) is 12.8. The summed E-state index contributed by atoms with van der Waals surface area (Å²) in [6, 6.07) is 20.2. The van der Waals surface area contributed by atoms with Crippen LogP contribution in [0.2, 0.25) is 0 Å². The molecule has 3 aromatic rings. The van der Waals surface area contributed by atoms with Crippen molar-refractivity contribution in [3.05, 3.63) is 90.0 Å². The molecule has 0 aliphatic carbocycles. The molecule has 1 aliphatic rings. The van der Waals surface area contributed by atoms with Crippen LogP contribution in [0, 0.1) is 5.92 Å². The van der Waals surface area contributed by atoms with Crippen molar-refractivity contribution in [1.82, 2.24) is 14.9 Å². The minimum Gasteiger partial charge on any atom is -0.380 e. The molecule has 4 nitrogen and oxygen atoms in total. The number of H-pyrrole nitrogens is 1. The molecule has 0 amide bonds. The summed E-state index contributed by atoms with van der Waals surface area (Å²) in [5, 5.41) is 11.9. The van der Waals surface area contributed by atoms with Gasteiger partial charge in [0, 0.05) is 18.4 Å². The van der Waals surface area contributed by atoms with Gasteiger partial charge in [-0.3, -0.25) is 4.90 Å². The fourth-order valence-electron chi connectivity index (χ4n) is 4.14. The zero-order chi connectivity index (χ0) is 17.8. The van der Waals surface area contributed by atoms with Crippen LogP contribution in [0.4, 0.5) is 0 Å². The van der Waals surface area contributed by atoms with E-state index in [1.165, 1.54) is 0 Å². The maximum Gasteiger partial charge on any atom is 0.117 e. The third kappa shape index (κ3) is 3.30. The van der Waals surface area contributed by atoms with Gasteiger partial charge in [0.05, 0.1) is 6.33 Å². The fourth-order valence-corrected chi connectivity index (χ4v) is 4.14. The number of benzene rings is 2. The lowest BCUT2D eigenvalue weighted by Crippen LogP contribution is -2.44. The average molecular weight is 347 g/mol. The maximum atomic E-state index is 11.9. The number of nitrogens with one attached hydrogen (secondary N) is 1. The van der Waals surface area contributed by atoms with Gasteiger partial charge in [-0.05, 0) is 43.0 Å². The predicted molar refractivity (Wildman–Crippen MR) is 102 cm³/mol. The Morgan fingerprint density at radius 2 is 1.54 bits per heavy atom. The number of piperidine rings is 1. The third-order valence-corrected chi connectivity index (χ3v) is 5.55. The van der Waals surface area contributed by atoms with Crippen LogP contribution in [0.25, 0.3) is 0 Å². The summed E-state index contributed by atoms with van der Waals surface area (Å²) in [5.74, 6) is 0.199. The molecule has 0 saturated carbocycles. The molecule has 4 heteroatoms. The Morgan fingerprint density at radius 1 is 0.962 bits per heavy atom. The molecule has 134 valence electrons. The number of aliphatic hydroxyl groups is 1. The number of aromatic nitrogens is 2. The van der Waals surface area contributed by atoms with E-state index in [2.05, 4.69) is 14.9 Å². The van der Waals surface area contributed by atoms with Gasteiger partial charge in [-0.2, -0.15) is 0 Å². The molecular formula is C22H25N3O. The third-order valence-electron chi connectivity index (χ3n) is 5.55. The predicted octanol–water partition coefficient (Wildman–Crippen LogP) is 3.56. The Hall–Kier alpha value is -2.43. The molecule has 1 saturated heterocycles. The second-order valence-corrected chi connectivity index (χ2v) is 7.13. The van der Waals surface area contributed by atoms with Crippen molar-refractivity contribution in [3.63, 3.8) is 0 Å². The van der Waals surface area contributed by atoms with Gasteiger partial charge < -0.3 is 10.1 Å². The molecule has 0 atom stereocenters. The van der Waals surface area contributed by atoms with Crippen LogP contribution in [0.1, 0.15) is 29.7 Å². The van der Waals surface area contributed by atoms with Crippen LogP contribution in [0.15, 0.2) is 73.2 Å². The Morgan fingerprint density at radius 3 is 2.04 bits per heavy atom. The Bertz CT molecular complexity index is 754. The van der Waals surface area contributed by atoms with E-state index in [9.17, 15) is 5.11 Å². The zero-order valence-electron chi connectivity index (χ0n) is 14.9. The summed E-state index contributed by atoms with van der Waals surface area (Å²) in [6.45, 7) is 2.85. The summed E-state index contributed by atoms with van der Waals surface area (Å²) >= 11 is 0. The molecule has 0 unspecified atom stereocenters. The lowest BCUT2D eigenvalue weighted by molar-refractivity contribution is -0.0154. The highest BCUT2D eigenvalue weighted by atomic mass is 16.3. The number of aromatic amines is 1. The molecule has 2 aromatic carbocycles. The van der Waals surface area contributed by atoms with Crippen LogP contribution in [-0.4, -0.2) is 33.1 Å². The van der Waals surface area contributed by atoms with Crippen molar-refractivity contribution in [3.8, 4) is 0 Å². The summed E-state index contributed by atoms with van der Waals surface area (Å²) in [6.07, 6.45) is 5.55. The van der Waals surface area contributed by atoms with Gasteiger partial charge in [-0.25, -0.2) is 4.98 Å². The molecule has 2 heterocycles. The first-order valence-corrected chi connectivity index (χ1v) is 9.30. The van der Waals surface area contributed by atoms with Gasteiger partial charge >= 0.3 is 0 Å². The van der Waals surface area contributed by atoms with E-state index in [0.29, 0.717) is 0 Å².